The molecule has 1 aromatic carbocycles. The van der Waals surface area contributed by atoms with E-state index in [1.807, 2.05) is 12.1 Å². The van der Waals surface area contributed by atoms with Crippen LogP contribution < -0.4 is 11.1 Å². The number of fused-ring (bicyclic) bond motifs is 1. The molecule has 0 aliphatic rings. The Morgan fingerprint density at radius 1 is 1.03 bits per heavy atom. The molecule has 156 valence electrons. The summed E-state index contributed by atoms with van der Waals surface area (Å²) in [7, 11) is 0. The molecule has 3 aromatic heterocycles. The van der Waals surface area contributed by atoms with Crippen molar-refractivity contribution in [2.24, 2.45) is 0 Å². The van der Waals surface area contributed by atoms with Crippen LogP contribution in [0.5, 0.6) is 0 Å². The number of halogens is 4. The largest absolute Gasteiger partial charge is 0.416 e. The van der Waals surface area contributed by atoms with Gasteiger partial charge < -0.3 is 16.2 Å². The number of aliphatic hydroxyl groups is 1. The van der Waals surface area contributed by atoms with Gasteiger partial charge in [0.25, 0.3) is 0 Å². The van der Waals surface area contributed by atoms with Gasteiger partial charge in [-0.05, 0) is 42.5 Å². The fourth-order valence-electron chi connectivity index (χ4n) is 3.05. The van der Waals surface area contributed by atoms with Gasteiger partial charge in [-0.3, -0.25) is 4.40 Å². The number of pyridine rings is 2. The number of benzene rings is 1. The van der Waals surface area contributed by atoms with E-state index in [0.717, 1.165) is 12.1 Å². The lowest BCUT2D eigenvalue weighted by molar-refractivity contribution is -0.137. The molecule has 4 N–H and O–H groups in total. The Balaban J connectivity index is 0.00000256. The molecule has 0 saturated heterocycles. The Kier molecular flexibility index (Phi) is 5.86. The third-order valence-corrected chi connectivity index (χ3v) is 4.33. The van der Waals surface area contributed by atoms with Gasteiger partial charge in [-0.1, -0.05) is 6.07 Å². The summed E-state index contributed by atoms with van der Waals surface area (Å²) >= 11 is 0. The van der Waals surface area contributed by atoms with Crippen molar-refractivity contribution in [3.8, 4) is 11.4 Å². The maximum atomic E-state index is 12.7. The van der Waals surface area contributed by atoms with Crippen LogP contribution in [0.1, 0.15) is 11.3 Å². The van der Waals surface area contributed by atoms with Crippen molar-refractivity contribution in [1.82, 2.24) is 14.4 Å². The Morgan fingerprint density at radius 2 is 1.77 bits per heavy atom. The third kappa shape index (κ3) is 4.17. The van der Waals surface area contributed by atoms with Gasteiger partial charge in [0.1, 0.15) is 11.5 Å². The van der Waals surface area contributed by atoms with Crippen molar-refractivity contribution in [3.63, 3.8) is 0 Å². The minimum atomic E-state index is -4.40. The predicted molar refractivity (Wildman–Crippen MR) is 111 cm³/mol. The summed E-state index contributed by atoms with van der Waals surface area (Å²) in [6.45, 7) is -0.283. The van der Waals surface area contributed by atoms with E-state index in [-0.39, 0.29) is 19.0 Å². The average molecular weight is 436 g/mol. The molecular weight excluding hydrogens is 419 g/mol. The second kappa shape index (κ2) is 8.21. The first kappa shape index (κ1) is 21.4. The maximum Gasteiger partial charge on any atom is 0.416 e. The van der Waals surface area contributed by atoms with E-state index in [4.69, 9.17) is 5.73 Å². The molecule has 0 aliphatic heterocycles. The van der Waals surface area contributed by atoms with Crippen LogP contribution >= 0.6 is 12.4 Å². The van der Waals surface area contributed by atoms with Crippen LogP contribution in [0.15, 0.2) is 60.8 Å². The highest BCUT2D eigenvalue weighted by Crippen LogP contribution is 2.31. The summed E-state index contributed by atoms with van der Waals surface area (Å²) in [5.74, 6) is 0.356. The van der Waals surface area contributed by atoms with E-state index in [0.29, 0.717) is 39.9 Å². The van der Waals surface area contributed by atoms with Crippen molar-refractivity contribution >= 4 is 35.2 Å². The summed E-state index contributed by atoms with van der Waals surface area (Å²) in [5, 5.41) is 12.7. The van der Waals surface area contributed by atoms with E-state index >= 15 is 0 Å². The number of aliphatic hydroxyl groups excluding tert-OH is 1. The average Bonchev–Trinajstić information content (AvgIpc) is 3.06. The van der Waals surface area contributed by atoms with Crippen LogP contribution in [-0.4, -0.2) is 19.5 Å². The van der Waals surface area contributed by atoms with Gasteiger partial charge in [0.15, 0.2) is 0 Å². The quantitative estimate of drug-likeness (QED) is 0.434. The Hall–Kier alpha value is -3.30. The highest BCUT2D eigenvalue weighted by molar-refractivity contribution is 5.85. The number of nitrogens with two attached hydrogens (primary N) is 1. The highest BCUT2D eigenvalue weighted by Gasteiger charge is 2.29. The molecule has 4 aromatic rings. The Bertz CT molecular complexity index is 1180. The van der Waals surface area contributed by atoms with Gasteiger partial charge in [0.05, 0.1) is 29.3 Å². The van der Waals surface area contributed by atoms with Crippen molar-refractivity contribution in [2.75, 3.05) is 11.1 Å². The summed E-state index contributed by atoms with van der Waals surface area (Å²) in [6, 6.07) is 13.3. The molecule has 0 atom stereocenters. The minimum Gasteiger partial charge on any atom is -0.399 e. The van der Waals surface area contributed by atoms with Gasteiger partial charge in [-0.25, -0.2) is 9.97 Å². The number of alkyl halides is 3. The van der Waals surface area contributed by atoms with Crippen LogP contribution in [0.2, 0.25) is 0 Å². The molecule has 3 heterocycles. The summed E-state index contributed by atoms with van der Waals surface area (Å²) in [5.41, 5.74) is 8.27. The normalized spacial score (nSPS) is 11.3. The highest BCUT2D eigenvalue weighted by atomic mass is 35.5. The lowest BCUT2D eigenvalue weighted by Gasteiger charge is -2.11. The molecule has 0 radical (unpaired) electrons. The molecular formula is C20H17ClF3N5O. The molecule has 6 nitrogen and oxygen atoms in total. The second-order valence-electron chi connectivity index (χ2n) is 6.37. The SMILES string of the molecule is Cl.Nc1cc(Nc2ccc(C(F)(F)F)cc2)nc(-c2c(CO)nc3ccccn23)c1. The second-order valence-corrected chi connectivity index (χ2v) is 6.37. The fraction of sp³-hybridized carbons (Fsp3) is 0.100. The molecule has 0 unspecified atom stereocenters. The van der Waals surface area contributed by atoms with Crippen molar-refractivity contribution in [2.45, 2.75) is 12.8 Å². The van der Waals surface area contributed by atoms with Gasteiger partial charge in [0, 0.05) is 23.6 Å². The standard InChI is InChI=1S/C20H16F3N5O.ClH/c21-20(22,23)12-4-6-14(7-5-12)25-17-10-13(24)9-15(26-17)19-16(11-29)27-18-3-1-2-8-28(18)19;/h1-10,29H,11H2,(H3,24,25,26);1H. The van der Waals surface area contributed by atoms with E-state index in [2.05, 4.69) is 15.3 Å². The van der Waals surface area contributed by atoms with Crippen LogP contribution in [0.25, 0.3) is 17.0 Å². The number of aromatic nitrogens is 3. The number of anilines is 3. The zero-order valence-electron chi connectivity index (χ0n) is 15.4. The lowest BCUT2D eigenvalue weighted by Crippen LogP contribution is -2.05. The molecule has 30 heavy (non-hydrogen) atoms. The number of nitrogens with zero attached hydrogens (tertiary/aromatic N) is 3. The van der Waals surface area contributed by atoms with Crippen LogP contribution in [0.4, 0.5) is 30.4 Å². The zero-order valence-corrected chi connectivity index (χ0v) is 16.2. The fourth-order valence-corrected chi connectivity index (χ4v) is 3.05. The van der Waals surface area contributed by atoms with E-state index in [1.54, 1.807) is 28.8 Å². The van der Waals surface area contributed by atoms with Crippen LogP contribution in [0.3, 0.4) is 0 Å². The molecule has 0 saturated carbocycles. The topological polar surface area (TPSA) is 88.5 Å². The predicted octanol–water partition coefficient (Wildman–Crippen LogP) is 4.66. The number of imidazole rings is 1. The Labute approximate surface area is 175 Å². The van der Waals surface area contributed by atoms with E-state index < -0.39 is 11.7 Å². The van der Waals surface area contributed by atoms with Crippen LogP contribution in [-0.2, 0) is 12.8 Å². The molecule has 4 rings (SSSR count). The molecule has 0 bridgehead atoms. The van der Waals surface area contributed by atoms with E-state index in [1.165, 1.54) is 12.1 Å². The summed E-state index contributed by atoms with van der Waals surface area (Å²) in [6.07, 6.45) is -2.60. The molecule has 0 fully saturated rings. The van der Waals surface area contributed by atoms with Gasteiger partial charge >= 0.3 is 6.18 Å². The third-order valence-electron chi connectivity index (χ3n) is 4.33. The first-order valence-corrected chi connectivity index (χ1v) is 8.64. The van der Waals surface area contributed by atoms with Crippen molar-refractivity contribution < 1.29 is 18.3 Å². The zero-order chi connectivity index (χ0) is 20.6. The van der Waals surface area contributed by atoms with Crippen molar-refractivity contribution in [1.29, 1.82) is 0 Å². The van der Waals surface area contributed by atoms with Gasteiger partial charge in [-0.2, -0.15) is 13.2 Å². The van der Waals surface area contributed by atoms with E-state index in [9.17, 15) is 18.3 Å². The van der Waals surface area contributed by atoms with Gasteiger partial charge in [0.2, 0.25) is 0 Å². The number of hydrogen-bond acceptors (Lipinski definition) is 5. The number of nitrogens with one attached hydrogen (secondary N) is 1. The Morgan fingerprint density at radius 3 is 2.43 bits per heavy atom. The number of hydrogen-bond donors (Lipinski definition) is 3. The first-order chi connectivity index (χ1) is 13.8. The minimum absolute atomic E-state index is 0. The molecule has 10 heteroatoms. The summed E-state index contributed by atoms with van der Waals surface area (Å²) in [4.78, 5) is 8.90. The van der Waals surface area contributed by atoms with Crippen LogP contribution in [0, 0.1) is 0 Å². The smallest absolute Gasteiger partial charge is 0.399 e. The van der Waals surface area contributed by atoms with Gasteiger partial charge in [-0.15, -0.1) is 12.4 Å². The lowest BCUT2D eigenvalue weighted by atomic mass is 10.2. The maximum absolute atomic E-state index is 12.7. The first-order valence-electron chi connectivity index (χ1n) is 8.64. The van der Waals surface area contributed by atoms with Crippen molar-refractivity contribution in [3.05, 3.63) is 72.1 Å². The molecule has 0 spiro atoms. The molecule has 0 aliphatic carbocycles. The molecule has 0 amide bonds. The summed E-state index contributed by atoms with van der Waals surface area (Å²) < 4.78 is 40.0. The number of nitrogen functional groups attached to an aromatic ring is 1. The number of rotatable bonds is 4. The monoisotopic (exact) mass is 435 g/mol.